The monoisotopic (exact) mass is 591 g/mol. The Hall–Kier alpha value is -3.92. The number of amides is 2. The highest BCUT2D eigenvalue weighted by molar-refractivity contribution is 6.32. The number of ether oxygens (including phenoxy) is 1. The van der Waals surface area contributed by atoms with Crippen molar-refractivity contribution < 1.29 is 19.4 Å². The van der Waals surface area contributed by atoms with Crippen molar-refractivity contribution in [3.63, 3.8) is 0 Å². The van der Waals surface area contributed by atoms with Gasteiger partial charge in [0.05, 0.1) is 35.5 Å². The summed E-state index contributed by atoms with van der Waals surface area (Å²) in [5, 5.41) is 16.4. The second-order valence-electron chi connectivity index (χ2n) is 10.9. The van der Waals surface area contributed by atoms with E-state index in [1.165, 1.54) is 0 Å². The van der Waals surface area contributed by atoms with E-state index in [2.05, 4.69) is 10.6 Å². The highest BCUT2D eigenvalue weighted by Crippen LogP contribution is 2.27. The number of hydrogen-bond donors (Lipinski definition) is 3. The average molecular weight is 592 g/mol. The quantitative estimate of drug-likeness (QED) is 0.224. The fourth-order valence-corrected chi connectivity index (χ4v) is 4.84. The molecule has 2 atom stereocenters. The standard InChI is InChI=1S/C32H38ClN5O4/c1-20(2)42-29-13-12-24(16-27(29)33)32(41)35-25(17-34-30(40)19-37(4)5)15-22-8-10-23(11-9-22)28-18-38-14-6-7-26(21(3)39)31(38)36-28/h6-14,16,18,20-21,25,39H,15,17,19H2,1-5H3,(H,34,40)(H,35,41)/t21-,25-/m0/s1. The Morgan fingerprint density at radius 3 is 2.48 bits per heavy atom. The summed E-state index contributed by atoms with van der Waals surface area (Å²) in [5.74, 6) is 0.0924. The molecule has 0 saturated carbocycles. The third-order valence-corrected chi connectivity index (χ3v) is 6.89. The molecule has 2 aromatic carbocycles. The van der Waals surface area contributed by atoms with E-state index in [-0.39, 0.29) is 37.0 Å². The number of carbonyl (C=O) groups excluding carboxylic acids is 2. The zero-order valence-corrected chi connectivity index (χ0v) is 25.4. The van der Waals surface area contributed by atoms with Crippen molar-refractivity contribution in [1.29, 1.82) is 0 Å². The Morgan fingerprint density at radius 1 is 1.10 bits per heavy atom. The molecule has 4 rings (SSSR count). The minimum Gasteiger partial charge on any atom is -0.489 e. The molecule has 0 unspecified atom stereocenters. The van der Waals surface area contributed by atoms with Crippen molar-refractivity contribution in [3.05, 3.63) is 88.7 Å². The summed E-state index contributed by atoms with van der Waals surface area (Å²) >= 11 is 6.36. The Balaban J connectivity index is 1.50. The number of likely N-dealkylation sites (N-methyl/N-ethyl adjacent to an activating group) is 1. The number of imidazole rings is 1. The van der Waals surface area contributed by atoms with Crippen LogP contribution < -0.4 is 15.4 Å². The molecule has 2 amide bonds. The van der Waals surface area contributed by atoms with Crippen LogP contribution in [0.3, 0.4) is 0 Å². The summed E-state index contributed by atoms with van der Waals surface area (Å²) in [5.41, 5.74) is 4.58. The molecule has 0 spiro atoms. The second-order valence-corrected chi connectivity index (χ2v) is 11.3. The molecule has 3 N–H and O–H groups in total. The molecule has 0 radical (unpaired) electrons. The molecule has 0 aliphatic carbocycles. The molecule has 9 nitrogen and oxygen atoms in total. The van der Waals surface area contributed by atoms with E-state index in [4.69, 9.17) is 21.3 Å². The van der Waals surface area contributed by atoms with Gasteiger partial charge in [-0.25, -0.2) is 4.98 Å². The number of fused-ring (bicyclic) bond motifs is 1. The maximum absolute atomic E-state index is 13.2. The molecule has 2 aromatic heterocycles. The van der Waals surface area contributed by atoms with Crippen LogP contribution in [0, 0.1) is 0 Å². The average Bonchev–Trinajstić information content (AvgIpc) is 3.37. The molecule has 0 bridgehead atoms. The lowest BCUT2D eigenvalue weighted by atomic mass is 10.0. The van der Waals surface area contributed by atoms with Crippen LogP contribution in [0.15, 0.2) is 67.0 Å². The number of rotatable bonds is 12. The number of aromatic nitrogens is 2. The Labute approximate surface area is 251 Å². The van der Waals surface area contributed by atoms with Crippen LogP contribution in [0.25, 0.3) is 16.9 Å². The number of aliphatic hydroxyl groups is 1. The van der Waals surface area contributed by atoms with Gasteiger partial charge in [0.2, 0.25) is 5.91 Å². The summed E-state index contributed by atoms with van der Waals surface area (Å²) in [7, 11) is 3.65. The van der Waals surface area contributed by atoms with Crippen LogP contribution in [0.2, 0.25) is 5.02 Å². The lowest BCUT2D eigenvalue weighted by Gasteiger charge is -2.21. The molecule has 0 aliphatic rings. The highest BCUT2D eigenvalue weighted by atomic mass is 35.5. The maximum atomic E-state index is 13.2. The third-order valence-electron chi connectivity index (χ3n) is 6.59. The molecule has 0 fully saturated rings. The predicted molar refractivity (Wildman–Crippen MR) is 165 cm³/mol. The SMILES string of the molecule is CC(C)Oc1ccc(C(=O)N[C@H](CNC(=O)CN(C)C)Cc2ccc(-c3cn4cccc([C@H](C)O)c4n3)cc2)cc1Cl. The van der Waals surface area contributed by atoms with E-state index in [1.807, 2.05) is 81.1 Å². The van der Waals surface area contributed by atoms with Gasteiger partial charge in [-0.15, -0.1) is 0 Å². The van der Waals surface area contributed by atoms with Crippen LogP contribution in [0.4, 0.5) is 0 Å². The maximum Gasteiger partial charge on any atom is 0.251 e. The second kappa shape index (κ2) is 13.8. The molecule has 42 heavy (non-hydrogen) atoms. The highest BCUT2D eigenvalue weighted by Gasteiger charge is 2.18. The fourth-order valence-electron chi connectivity index (χ4n) is 4.61. The van der Waals surface area contributed by atoms with E-state index in [0.29, 0.717) is 28.4 Å². The van der Waals surface area contributed by atoms with Crippen molar-refractivity contribution in [2.75, 3.05) is 27.2 Å². The molecule has 0 saturated heterocycles. The lowest BCUT2D eigenvalue weighted by Crippen LogP contribution is -2.46. The van der Waals surface area contributed by atoms with E-state index < -0.39 is 6.10 Å². The van der Waals surface area contributed by atoms with Gasteiger partial charge in [-0.05, 0) is 71.1 Å². The van der Waals surface area contributed by atoms with Gasteiger partial charge >= 0.3 is 0 Å². The topological polar surface area (TPSA) is 108 Å². The summed E-state index contributed by atoms with van der Waals surface area (Å²) in [6.45, 7) is 6.05. The summed E-state index contributed by atoms with van der Waals surface area (Å²) in [6.07, 6.45) is 3.66. The van der Waals surface area contributed by atoms with Crippen molar-refractivity contribution in [2.45, 2.75) is 45.4 Å². The van der Waals surface area contributed by atoms with Gasteiger partial charge < -0.3 is 29.8 Å². The number of nitrogens with one attached hydrogen (secondary N) is 2. The van der Waals surface area contributed by atoms with Crippen LogP contribution in [0.1, 0.15) is 48.4 Å². The molecular formula is C32H38ClN5O4. The van der Waals surface area contributed by atoms with E-state index in [0.717, 1.165) is 22.4 Å². The fraction of sp³-hybridized carbons (Fsp3) is 0.344. The van der Waals surface area contributed by atoms with E-state index >= 15 is 0 Å². The Bertz CT molecular complexity index is 1530. The normalized spacial score (nSPS) is 12.9. The van der Waals surface area contributed by atoms with Crippen molar-refractivity contribution in [3.8, 4) is 17.0 Å². The zero-order valence-electron chi connectivity index (χ0n) is 24.6. The van der Waals surface area contributed by atoms with Crippen LogP contribution >= 0.6 is 11.6 Å². The minimum atomic E-state index is -0.626. The van der Waals surface area contributed by atoms with Crippen LogP contribution in [-0.4, -0.2) is 70.5 Å². The summed E-state index contributed by atoms with van der Waals surface area (Å²) < 4.78 is 7.58. The molecular weight excluding hydrogens is 554 g/mol. The first-order chi connectivity index (χ1) is 20.0. The van der Waals surface area contributed by atoms with Crippen molar-refractivity contribution in [2.24, 2.45) is 0 Å². The van der Waals surface area contributed by atoms with Gasteiger partial charge in [0.25, 0.3) is 5.91 Å². The number of aliphatic hydroxyl groups excluding tert-OH is 1. The molecule has 222 valence electrons. The molecule has 2 heterocycles. The zero-order chi connectivity index (χ0) is 30.4. The van der Waals surface area contributed by atoms with Gasteiger partial charge in [0.15, 0.2) is 0 Å². The predicted octanol–water partition coefficient (Wildman–Crippen LogP) is 4.51. The third kappa shape index (κ3) is 8.09. The largest absolute Gasteiger partial charge is 0.489 e. The first-order valence-electron chi connectivity index (χ1n) is 13.9. The first kappa shape index (κ1) is 31.0. The Morgan fingerprint density at radius 2 is 1.83 bits per heavy atom. The number of benzene rings is 2. The van der Waals surface area contributed by atoms with E-state index in [9.17, 15) is 14.7 Å². The number of pyridine rings is 1. The number of carbonyl (C=O) groups is 2. The van der Waals surface area contributed by atoms with Crippen LogP contribution in [0.5, 0.6) is 5.75 Å². The molecule has 4 aromatic rings. The van der Waals surface area contributed by atoms with Crippen LogP contribution in [-0.2, 0) is 11.2 Å². The lowest BCUT2D eigenvalue weighted by molar-refractivity contribution is -0.121. The van der Waals surface area contributed by atoms with Gasteiger partial charge in [-0.3, -0.25) is 9.59 Å². The van der Waals surface area contributed by atoms with Gasteiger partial charge in [-0.2, -0.15) is 0 Å². The number of halogens is 1. The Kier molecular flexibility index (Phi) is 10.2. The van der Waals surface area contributed by atoms with Gasteiger partial charge in [0.1, 0.15) is 11.4 Å². The number of nitrogens with zero attached hydrogens (tertiary/aromatic N) is 3. The smallest absolute Gasteiger partial charge is 0.251 e. The minimum absolute atomic E-state index is 0.0434. The van der Waals surface area contributed by atoms with Crippen molar-refractivity contribution >= 4 is 29.1 Å². The summed E-state index contributed by atoms with van der Waals surface area (Å²) in [6, 6.07) is 16.3. The van der Waals surface area contributed by atoms with Gasteiger partial charge in [-0.1, -0.05) is 41.9 Å². The van der Waals surface area contributed by atoms with Gasteiger partial charge in [0, 0.05) is 35.6 Å². The molecule has 10 heteroatoms. The number of hydrogen-bond acceptors (Lipinski definition) is 6. The molecule has 0 aliphatic heterocycles. The summed E-state index contributed by atoms with van der Waals surface area (Å²) in [4.78, 5) is 32.1. The first-order valence-corrected chi connectivity index (χ1v) is 14.3. The van der Waals surface area contributed by atoms with Crippen molar-refractivity contribution in [1.82, 2.24) is 24.9 Å². The van der Waals surface area contributed by atoms with E-state index in [1.54, 1.807) is 30.0 Å².